The van der Waals surface area contributed by atoms with Gasteiger partial charge < -0.3 is 14.4 Å². The predicted octanol–water partition coefficient (Wildman–Crippen LogP) is 0.959. The molecule has 1 aliphatic carbocycles. The summed E-state index contributed by atoms with van der Waals surface area (Å²) in [5.74, 6) is 0.0281. The van der Waals surface area contributed by atoms with E-state index in [0.717, 1.165) is 18.4 Å². The maximum atomic E-state index is 12.5. The number of sulfone groups is 1. The van der Waals surface area contributed by atoms with E-state index in [2.05, 4.69) is 0 Å². The van der Waals surface area contributed by atoms with Gasteiger partial charge in [0.05, 0.1) is 25.0 Å². The van der Waals surface area contributed by atoms with Gasteiger partial charge in [-0.1, -0.05) is 12.1 Å². The van der Waals surface area contributed by atoms with Crippen LogP contribution >= 0.6 is 0 Å². The highest BCUT2D eigenvalue weighted by Gasteiger charge is 2.42. The zero-order valence-electron chi connectivity index (χ0n) is 14.7. The molecule has 1 heterocycles. The van der Waals surface area contributed by atoms with Gasteiger partial charge in [-0.05, 0) is 37.0 Å². The molecule has 1 aromatic carbocycles. The van der Waals surface area contributed by atoms with Gasteiger partial charge in [-0.25, -0.2) is 8.42 Å². The topological polar surface area (TPSA) is 90.0 Å². The number of ether oxygens (including phenoxy) is 2. The van der Waals surface area contributed by atoms with E-state index in [0.29, 0.717) is 12.2 Å². The maximum absolute atomic E-state index is 12.5. The molecule has 26 heavy (non-hydrogen) atoms. The Morgan fingerprint density at radius 2 is 1.81 bits per heavy atom. The third kappa shape index (κ3) is 4.75. The molecule has 0 spiro atoms. The molecule has 7 nitrogen and oxygen atoms in total. The van der Waals surface area contributed by atoms with E-state index < -0.39 is 15.8 Å². The Bertz CT molecular complexity index is 769. The summed E-state index contributed by atoms with van der Waals surface area (Å²) in [6.07, 6.45) is 2.28. The number of amides is 1. The molecule has 1 aliphatic heterocycles. The first-order valence-electron chi connectivity index (χ1n) is 8.68. The van der Waals surface area contributed by atoms with Crippen LogP contribution in [0.5, 0.6) is 5.75 Å². The highest BCUT2D eigenvalue weighted by molar-refractivity contribution is 7.91. The van der Waals surface area contributed by atoms with Crippen LogP contribution in [0.2, 0.25) is 0 Å². The summed E-state index contributed by atoms with van der Waals surface area (Å²) in [5.41, 5.74) is 0.768. The van der Waals surface area contributed by atoms with Crippen molar-refractivity contribution in [2.75, 3.05) is 25.2 Å². The van der Waals surface area contributed by atoms with Gasteiger partial charge in [0.25, 0.3) is 5.91 Å². The van der Waals surface area contributed by atoms with Crippen molar-refractivity contribution in [3.8, 4) is 5.75 Å². The molecule has 1 amide bonds. The smallest absolute Gasteiger partial charge is 0.310 e. The van der Waals surface area contributed by atoms with Crippen LogP contribution < -0.4 is 4.74 Å². The van der Waals surface area contributed by atoms with Gasteiger partial charge in [0, 0.05) is 12.1 Å². The zero-order valence-corrected chi connectivity index (χ0v) is 15.5. The van der Waals surface area contributed by atoms with Crippen molar-refractivity contribution in [1.29, 1.82) is 0 Å². The summed E-state index contributed by atoms with van der Waals surface area (Å²) in [5, 5.41) is 0. The number of hydrogen-bond acceptors (Lipinski definition) is 6. The molecule has 0 aromatic heterocycles. The van der Waals surface area contributed by atoms with Crippen molar-refractivity contribution in [2.24, 2.45) is 0 Å². The molecule has 1 saturated carbocycles. The molecule has 0 radical (unpaired) electrons. The molecule has 8 heteroatoms. The predicted molar refractivity (Wildman–Crippen MR) is 94.6 cm³/mol. The Morgan fingerprint density at radius 3 is 2.35 bits per heavy atom. The summed E-state index contributed by atoms with van der Waals surface area (Å²) >= 11 is 0. The van der Waals surface area contributed by atoms with E-state index in [1.807, 2.05) is 0 Å². The lowest BCUT2D eigenvalue weighted by Gasteiger charge is -2.28. The van der Waals surface area contributed by atoms with E-state index >= 15 is 0 Å². The van der Waals surface area contributed by atoms with Crippen LogP contribution in [0.3, 0.4) is 0 Å². The summed E-state index contributed by atoms with van der Waals surface area (Å²) in [7, 11) is -1.50. The number of nitrogens with zero attached hydrogens (tertiary/aromatic N) is 1. The Balaban J connectivity index is 1.52. The van der Waals surface area contributed by atoms with Gasteiger partial charge in [0.15, 0.2) is 16.4 Å². The van der Waals surface area contributed by atoms with E-state index in [-0.39, 0.29) is 42.5 Å². The highest BCUT2D eigenvalue weighted by Crippen LogP contribution is 2.32. The van der Waals surface area contributed by atoms with Gasteiger partial charge in [0.2, 0.25) is 0 Å². The Morgan fingerprint density at radius 1 is 1.12 bits per heavy atom. The van der Waals surface area contributed by atoms with Crippen molar-refractivity contribution >= 4 is 21.7 Å². The minimum Gasteiger partial charge on any atom is -0.497 e. The monoisotopic (exact) mass is 381 g/mol. The van der Waals surface area contributed by atoms with Crippen LogP contribution in [-0.4, -0.2) is 62.5 Å². The van der Waals surface area contributed by atoms with Gasteiger partial charge in [0.1, 0.15) is 5.75 Å². The molecule has 2 fully saturated rings. The highest BCUT2D eigenvalue weighted by atomic mass is 32.2. The normalized spacial score (nSPS) is 21.2. The molecule has 1 aromatic rings. The number of hydrogen-bond donors (Lipinski definition) is 0. The molecular weight excluding hydrogens is 358 g/mol. The zero-order chi connectivity index (χ0) is 18.7. The van der Waals surface area contributed by atoms with Crippen molar-refractivity contribution in [3.63, 3.8) is 0 Å². The average molecular weight is 381 g/mol. The summed E-state index contributed by atoms with van der Waals surface area (Å²) in [4.78, 5) is 26.1. The number of benzene rings is 1. The van der Waals surface area contributed by atoms with Crippen molar-refractivity contribution in [1.82, 2.24) is 4.90 Å². The van der Waals surface area contributed by atoms with Crippen molar-refractivity contribution in [2.45, 2.75) is 37.8 Å². The Hall–Kier alpha value is -2.09. The second-order valence-corrected chi connectivity index (χ2v) is 9.00. The minimum absolute atomic E-state index is 0.00896. The fourth-order valence-corrected chi connectivity index (χ4v) is 4.94. The van der Waals surface area contributed by atoms with Crippen LogP contribution in [-0.2, 0) is 30.6 Å². The van der Waals surface area contributed by atoms with Crippen molar-refractivity contribution < 1.29 is 27.5 Å². The molecule has 1 atom stereocenters. The van der Waals surface area contributed by atoms with Gasteiger partial charge in [-0.15, -0.1) is 0 Å². The third-order valence-corrected chi connectivity index (χ3v) is 6.44. The molecule has 0 bridgehead atoms. The quantitative estimate of drug-likeness (QED) is 0.654. The lowest BCUT2D eigenvalue weighted by molar-refractivity contribution is -0.152. The second kappa shape index (κ2) is 7.65. The van der Waals surface area contributed by atoms with Crippen LogP contribution in [0.15, 0.2) is 24.3 Å². The Labute approximate surface area is 153 Å². The minimum atomic E-state index is -3.07. The van der Waals surface area contributed by atoms with E-state index in [4.69, 9.17) is 9.47 Å². The fourth-order valence-electron chi connectivity index (χ4n) is 3.23. The van der Waals surface area contributed by atoms with Crippen LogP contribution in [0.4, 0.5) is 0 Å². The van der Waals surface area contributed by atoms with E-state index in [1.54, 1.807) is 36.3 Å². The first-order chi connectivity index (χ1) is 12.4. The number of methoxy groups -OCH3 is 1. The fraction of sp³-hybridized carbons (Fsp3) is 0.556. The van der Waals surface area contributed by atoms with E-state index in [1.165, 1.54) is 0 Å². The standard InChI is InChI=1S/C18H23NO6S/c1-24-16-6-2-13(3-7-16)10-18(21)25-11-17(20)19(14-4-5-14)15-8-9-26(22,23)12-15/h2-3,6-7,14-15H,4-5,8-12H2,1H3/t15-/m0/s1. The molecule has 0 N–H and O–H groups in total. The molecule has 1 saturated heterocycles. The number of carbonyl (C=O) groups is 2. The van der Waals surface area contributed by atoms with E-state index in [9.17, 15) is 18.0 Å². The summed E-state index contributed by atoms with van der Waals surface area (Å²) in [6, 6.07) is 6.83. The van der Waals surface area contributed by atoms with Crippen LogP contribution in [0.1, 0.15) is 24.8 Å². The number of rotatable bonds is 7. The maximum Gasteiger partial charge on any atom is 0.310 e. The summed E-state index contributed by atoms with van der Waals surface area (Å²) in [6.45, 7) is -0.345. The van der Waals surface area contributed by atoms with Crippen LogP contribution in [0, 0.1) is 0 Å². The van der Waals surface area contributed by atoms with Crippen LogP contribution in [0.25, 0.3) is 0 Å². The molecule has 3 rings (SSSR count). The number of carbonyl (C=O) groups excluding carboxylic acids is 2. The van der Waals surface area contributed by atoms with Crippen molar-refractivity contribution in [3.05, 3.63) is 29.8 Å². The van der Waals surface area contributed by atoms with Gasteiger partial charge in [-0.2, -0.15) is 0 Å². The lowest BCUT2D eigenvalue weighted by Crippen LogP contribution is -2.44. The average Bonchev–Trinajstić information content (AvgIpc) is 3.37. The van der Waals surface area contributed by atoms with Gasteiger partial charge in [-0.3, -0.25) is 9.59 Å². The summed E-state index contributed by atoms with van der Waals surface area (Å²) < 4.78 is 33.6. The number of esters is 1. The molecule has 2 aliphatic rings. The first-order valence-corrected chi connectivity index (χ1v) is 10.5. The third-order valence-electron chi connectivity index (χ3n) is 4.69. The SMILES string of the molecule is COc1ccc(CC(=O)OCC(=O)N(C2CC2)[C@H]2CCS(=O)(=O)C2)cc1. The molecular formula is C18H23NO6S. The second-order valence-electron chi connectivity index (χ2n) is 6.77. The largest absolute Gasteiger partial charge is 0.497 e. The lowest BCUT2D eigenvalue weighted by atomic mass is 10.1. The Kier molecular flexibility index (Phi) is 5.50. The van der Waals surface area contributed by atoms with Gasteiger partial charge >= 0.3 is 5.97 Å². The molecule has 142 valence electrons. The molecule has 0 unspecified atom stereocenters. The first kappa shape index (κ1) is 18.7.